The van der Waals surface area contributed by atoms with E-state index >= 15 is 0 Å². The lowest BCUT2D eigenvalue weighted by Crippen LogP contribution is -2.72. The van der Waals surface area contributed by atoms with E-state index in [0.717, 1.165) is 0 Å². The Morgan fingerprint density at radius 1 is 1.21 bits per heavy atom. The van der Waals surface area contributed by atoms with E-state index in [9.17, 15) is 24.5 Å². The Hall–Kier alpha value is -3.90. The lowest BCUT2D eigenvalue weighted by atomic mass is 9.81. The van der Waals surface area contributed by atoms with Gasteiger partial charge in [0.25, 0.3) is 5.69 Å². The van der Waals surface area contributed by atoms with Gasteiger partial charge in [-0.1, -0.05) is 17.7 Å². The second-order valence-corrected chi connectivity index (χ2v) is 8.21. The van der Waals surface area contributed by atoms with Crippen LogP contribution in [0.4, 0.5) is 17.1 Å². The third kappa shape index (κ3) is 4.87. The van der Waals surface area contributed by atoms with Crippen molar-refractivity contribution in [3.63, 3.8) is 0 Å². The van der Waals surface area contributed by atoms with Crippen LogP contribution in [0.15, 0.2) is 42.5 Å². The lowest BCUT2D eigenvalue weighted by Gasteiger charge is -2.43. The Labute approximate surface area is 198 Å². The molecule has 0 bridgehead atoms. The van der Waals surface area contributed by atoms with E-state index in [2.05, 4.69) is 26.6 Å². The maximum absolute atomic E-state index is 13.1. The molecule has 0 aromatic heterocycles. The van der Waals surface area contributed by atoms with Crippen LogP contribution >= 0.6 is 11.6 Å². The number of halogens is 1. The molecule has 4 rings (SSSR count). The van der Waals surface area contributed by atoms with Crippen molar-refractivity contribution in [2.24, 2.45) is 11.8 Å². The number of benzene rings is 2. The number of non-ortho nitro benzene ring substituents is 1. The number of nitrogens with zero attached hydrogens (tertiary/aromatic N) is 1. The van der Waals surface area contributed by atoms with Crippen LogP contribution in [0.3, 0.4) is 0 Å². The number of nitro benzene ring substituents is 1. The van der Waals surface area contributed by atoms with E-state index in [-0.39, 0.29) is 23.5 Å². The number of nitro groups is 1. The van der Waals surface area contributed by atoms with Crippen LogP contribution in [0, 0.1) is 22.0 Å². The molecule has 178 valence electrons. The van der Waals surface area contributed by atoms with Crippen molar-refractivity contribution in [3.8, 4) is 5.75 Å². The summed E-state index contributed by atoms with van der Waals surface area (Å²) in [5.41, 5.74) is 0.622. The normalized spacial score (nSPS) is 23.7. The summed E-state index contributed by atoms with van der Waals surface area (Å²) in [5, 5.41) is 25.7. The topological polar surface area (TPSA) is 164 Å². The first kappa shape index (κ1) is 23.3. The summed E-state index contributed by atoms with van der Waals surface area (Å²) in [6.45, 7) is 0. The van der Waals surface area contributed by atoms with Gasteiger partial charge in [-0.3, -0.25) is 29.8 Å². The highest BCUT2D eigenvalue weighted by molar-refractivity contribution is 6.30. The number of rotatable bonds is 6. The van der Waals surface area contributed by atoms with Crippen molar-refractivity contribution >= 4 is 46.4 Å². The molecule has 12 nitrogen and oxygen atoms in total. The number of fused-ring (bicyclic) bond motifs is 1. The van der Waals surface area contributed by atoms with Gasteiger partial charge in [0.1, 0.15) is 5.75 Å². The van der Waals surface area contributed by atoms with Crippen LogP contribution in [-0.2, 0) is 14.4 Å². The summed E-state index contributed by atoms with van der Waals surface area (Å²) < 4.78 is 5.14. The first-order chi connectivity index (χ1) is 16.2. The summed E-state index contributed by atoms with van der Waals surface area (Å²) in [4.78, 5) is 48.8. The minimum Gasteiger partial charge on any atom is -0.494 e. The molecule has 0 radical (unpaired) electrons. The quantitative estimate of drug-likeness (QED) is 0.300. The van der Waals surface area contributed by atoms with E-state index in [4.69, 9.17) is 16.3 Å². The van der Waals surface area contributed by atoms with Crippen molar-refractivity contribution in [3.05, 3.63) is 57.6 Å². The Morgan fingerprint density at radius 3 is 2.71 bits per heavy atom. The second kappa shape index (κ2) is 9.53. The maximum Gasteiger partial charge on any atom is 0.273 e. The summed E-state index contributed by atoms with van der Waals surface area (Å²) in [6.07, 6.45) is -1.73. The number of piperidine rings is 1. The van der Waals surface area contributed by atoms with E-state index in [0.29, 0.717) is 10.7 Å². The van der Waals surface area contributed by atoms with Crippen LogP contribution in [0.25, 0.3) is 0 Å². The molecule has 0 aliphatic carbocycles. The Balaban J connectivity index is 1.50. The standard InChI is InChI=1S/C21H21ClN6O6/c1-34-15-8-12(28(32)33)5-6-14(15)24-19(30)13-9-16(29)25-18-17(13)20(31)27-21(26-18)23-11-4-2-3-10(22)7-11/h2-8,13,17-18,21,23,26H,9H2,1H3,(H,24,30)(H,25,29)(H,27,31). The fraction of sp³-hybridized carbons (Fsp3) is 0.286. The van der Waals surface area contributed by atoms with E-state index in [1.54, 1.807) is 24.3 Å². The Bertz CT molecular complexity index is 1160. The molecule has 0 saturated carbocycles. The van der Waals surface area contributed by atoms with Gasteiger partial charge in [-0.15, -0.1) is 0 Å². The predicted molar refractivity (Wildman–Crippen MR) is 122 cm³/mol. The number of hydrogen-bond acceptors (Lipinski definition) is 8. The van der Waals surface area contributed by atoms with E-state index < -0.39 is 46.9 Å². The van der Waals surface area contributed by atoms with Crippen molar-refractivity contribution in [1.29, 1.82) is 0 Å². The Kier molecular flexibility index (Phi) is 6.52. The van der Waals surface area contributed by atoms with Crippen LogP contribution in [0.5, 0.6) is 5.75 Å². The minimum absolute atomic E-state index is 0.0800. The smallest absolute Gasteiger partial charge is 0.273 e. The van der Waals surface area contributed by atoms with Crippen molar-refractivity contribution < 1.29 is 24.0 Å². The first-order valence-corrected chi connectivity index (χ1v) is 10.6. The van der Waals surface area contributed by atoms with Gasteiger partial charge < -0.3 is 26.0 Å². The number of anilines is 2. The molecule has 2 aliphatic heterocycles. The van der Waals surface area contributed by atoms with Gasteiger partial charge in [0.2, 0.25) is 17.7 Å². The van der Waals surface area contributed by atoms with Gasteiger partial charge in [-0.05, 0) is 24.3 Å². The molecule has 2 aromatic rings. The maximum atomic E-state index is 13.1. The molecule has 2 aromatic carbocycles. The molecule has 4 atom stereocenters. The van der Waals surface area contributed by atoms with Crippen molar-refractivity contribution in [2.45, 2.75) is 18.9 Å². The summed E-state index contributed by atoms with van der Waals surface area (Å²) in [6, 6.07) is 10.6. The van der Waals surface area contributed by atoms with Crippen LogP contribution in [0.1, 0.15) is 6.42 Å². The summed E-state index contributed by atoms with van der Waals surface area (Å²) in [5.74, 6) is -3.22. The number of methoxy groups -OCH3 is 1. The molecule has 13 heteroatoms. The number of carbonyl (C=O) groups is 3. The average molecular weight is 489 g/mol. The molecule has 2 aliphatic rings. The summed E-state index contributed by atoms with van der Waals surface area (Å²) in [7, 11) is 1.31. The zero-order chi connectivity index (χ0) is 24.4. The molecule has 2 fully saturated rings. The third-order valence-electron chi connectivity index (χ3n) is 5.58. The molecule has 2 heterocycles. The summed E-state index contributed by atoms with van der Waals surface area (Å²) >= 11 is 6.00. The number of amides is 3. The zero-order valence-corrected chi connectivity index (χ0v) is 18.6. The fourth-order valence-corrected chi connectivity index (χ4v) is 4.21. The van der Waals surface area contributed by atoms with Gasteiger partial charge >= 0.3 is 0 Å². The third-order valence-corrected chi connectivity index (χ3v) is 5.81. The molecule has 34 heavy (non-hydrogen) atoms. The second-order valence-electron chi connectivity index (χ2n) is 7.78. The van der Waals surface area contributed by atoms with Gasteiger partial charge in [0.15, 0.2) is 6.29 Å². The zero-order valence-electron chi connectivity index (χ0n) is 17.8. The highest BCUT2D eigenvalue weighted by Gasteiger charge is 2.48. The highest BCUT2D eigenvalue weighted by Crippen LogP contribution is 2.32. The number of ether oxygens (including phenoxy) is 1. The Morgan fingerprint density at radius 2 is 2.00 bits per heavy atom. The molecule has 4 unspecified atom stereocenters. The number of carbonyl (C=O) groups excluding carboxylic acids is 3. The van der Waals surface area contributed by atoms with Crippen LogP contribution in [0.2, 0.25) is 5.02 Å². The predicted octanol–water partition coefficient (Wildman–Crippen LogP) is 1.39. The van der Waals surface area contributed by atoms with Gasteiger partial charge in [-0.25, -0.2) is 0 Å². The fourth-order valence-electron chi connectivity index (χ4n) is 4.02. The minimum atomic E-state index is -0.988. The number of nitrogens with one attached hydrogen (secondary N) is 5. The van der Waals surface area contributed by atoms with Gasteiger partial charge in [0.05, 0.1) is 41.8 Å². The van der Waals surface area contributed by atoms with Crippen LogP contribution in [-0.4, -0.2) is 42.2 Å². The van der Waals surface area contributed by atoms with Gasteiger partial charge in [0, 0.05) is 23.2 Å². The first-order valence-electron chi connectivity index (χ1n) is 10.3. The van der Waals surface area contributed by atoms with Crippen molar-refractivity contribution in [2.75, 3.05) is 17.7 Å². The van der Waals surface area contributed by atoms with Gasteiger partial charge in [-0.2, -0.15) is 0 Å². The molecular formula is C21H21ClN6O6. The molecular weight excluding hydrogens is 468 g/mol. The highest BCUT2D eigenvalue weighted by atomic mass is 35.5. The number of hydrogen-bond donors (Lipinski definition) is 5. The molecule has 3 amide bonds. The molecule has 2 saturated heterocycles. The van der Waals surface area contributed by atoms with Crippen LogP contribution < -0.4 is 31.3 Å². The lowest BCUT2D eigenvalue weighted by molar-refractivity contribution is -0.384. The molecule has 0 spiro atoms. The average Bonchev–Trinajstić information content (AvgIpc) is 2.78. The SMILES string of the molecule is COc1cc([N+](=O)[O-])ccc1NC(=O)C1CC(=O)NC2NC(Nc3cccc(Cl)c3)NC(=O)C21. The largest absolute Gasteiger partial charge is 0.494 e. The molecule has 5 N–H and O–H groups in total. The van der Waals surface area contributed by atoms with E-state index in [1.165, 1.54) is 25.3 Å². The monoisotopic (exact) mass is 488 g/mol. The van der Waals surface area contributed by atoms with E-state index in [1.807, 2.05) is 0 Å². The van der Waals surface area contributed by atoms with Crippen molar-refractivity contribution in [1.82, 2.24) is 16.0 Å².